The van der Waals surface area contributed by atoms with Gasteiger partial charge in [-0.2, -0.15) is 0 Å². The third-order valence-corrected chi connectivity index (χ3v) is 5.55. The first-order chi connectivity index (χ1) is 11.6. The molecule has 0 spiro atoms. The smallest absolute Gasteiger partial charge is 0.253 e. The second-order valence-corrected chi connectivity index (χ2v) is 7.31. The van der Waals surface area contributed by atoms with E-state index in [1.807, 2.05) is 35.4 Å². The average Bonchev–Trinajstić information content (AvgIpc) is 3.01. The van der Waals surface area contributed by atoms with Crippen molar-refractivity contribution in [1.29, 1.82) is 0 Å². The van der Waals surface area contributed by atoms with E-state index in [9.17, 15) is 4.79 Å². The number of fused-ring (bicyclic) bond motifs is 1. The van der Waals surface area contributed by atoms with E-state index < -0.39 is 0 Å². The lowest BCUT2D eigenvalue weighted by molar-refractivity contribution is 0.00318. The standard InChI is InChI=1S/C19H26N4O/c1-14(2)21-7-9-22(10-8-21)17-12-23(13-17)19(24)16-3-4-18-15(11-16)5-6-20-18/h3-6,11,14,17,20H,7-10,12-13H2,1-2H3. The molecule has 24 heavy (non-hydrogen) atoms. The molecule has 0 bridgehead atoms. The maximum atomic E-state index is 12.7. The number of amides is 1. The van der Waals surface area contributed by atoms with Crippen molar-refractivity contribution < 1.29 is 4.79 Å². The predicted molar refractivity (Wildman–Crippen MR) is 96.3 cm³/mol. The third kappa shape index (κ3) is 2.82. The van der Waals surface area contributed by atoms with Gasteiger partial charge in [-0.25, -0.2) is 0 Å². The first-order valence-corrected chi connectivity index (χ1v) is 8.96. The Bertz CT molecular complexity index is 724. The number of carbonyl (C=O) groups excluding carboxylic acids is 1. The molecule has 128 valence electrons. The number of benzene rings is 1. The van der Waals surface area contributed by atoms with Crippen LogP contribution in [0, 0.1) is 0 Å². The minimum atomic E-state index is 0.162. The molecule has 5 nitrogen and oxygen atoms in total. The number of hydrogen-bond acceptors (Lipinski definition) is 3. The molecule has 0 aliphatic carbocycles. The van der Waals surface area contributed by atoms with Crippen molar-refractivity contribution in [3.63, 3.8) is 0 Å². The molecular formula is C19H26N4O. The fraction of sp³-hybridized carbons (Fsp3) is 0.526. The Hall–Kier alpha value is -1.85. The maximum Gasteiger partial charge on any atom is 0.253 e. The van der Waals surface area contributed by atoms with Crippen molar-refractivity contribution >= 4 is 16.8 Å². The number of H-pyrrole nitrogens is 1. The van der Waals surface area contributed by atoms with E-state index in [1.54, 1.807) is 0 Å². The number of piperazine rings is 1. The molecule has 2 aliphatic rings. The van der Waals surface area contributed by atoms with Crippen LogP contribution in [0.1, 0.15) is 24.2 Å². The van der Waals surface area contributed by atoms with Crippen LogP contribution in [0.25, 0.3) is 10.9 Å². The number of aromatic nitrogens is 1. The first kappa shape index (κ1) is 15.7. The summed E-state index contributed by atoms with van der Waals surface area (Å²) >= 11 is 0. The van der Waals surface area contributed by atoms with Crippen LogP contribution >= 0.6 is 0 Å². The molecule has 0 saturated carbocycles. The summed E-state index contributed by atoms with van der Waals surface area (Å²) in [5.41, 5.74) is 1.88. The summed E-state index contributed by atoms with van der Waals surface area (Å²) in [6, 6.07) is 9.09. The van der Waals surface area contributed by atoms with E-state index in [0.29, 0.717) is 12.1 Å². The topological polar surface area (TPSA) is 42.6 Å². The van der Waals surface area contributed by atoms with Crippen molar-refractivity contribution in [2.75, 3.05) is 39.3 Å². The second kappa shape index (κ2) is 6.22. The third-order valence-electron chi connectivity index (χ3n) is 5.55. The zero-order valence-electron chi connectivity index (χ0n) is 14.5. The van der Waals surface area contributed by atoms with Crippen molar-refractivity contribution in [2.45, 2.75) is 25.9 Å². The number of nitrogens with one attached hydrogen (secondary N) is 1. The molecule has 1 aromatic heterocycles. The fourth-order valence-corrected chi connectivity index (χ4v) is 3.84. The molecule has 2 aromatic rings. The van der Waals surface area contributed by atoms with E-state index in [2.05, 4.69) is 28.6 Å². The maximum absolute atomic E-state index is 12.7. The number of hydrogen-bond donors (Lipinski definition) is 1. The molecule has 1 aromatic carbocycles. The van der Waals surface area contributed by atoms with Crippen molar-refractivity contribution in [2.24, 2.45) is 0 Å². The van der Waals surface area contributed by atoms with Crippen LogP contribution in [0.5, 0.6) is 0 Å². The Morgan fingerprint density at radius 1 is 1.12 bits per heavy atom. The van der Waals surface area contributed by atoms with E-state index in [4.69, 9.17) is 0 Å². The minimum absolute atomic E-state index is 0.162. The van der Waals surface area contributed by atoms with Crippen molar-refractivity contribution in [3.8, 4) is 0 Å². The average molecular weight is 326 g/mol. The molecule has 4 rings (SSSR count). The lowest BCUT2D eigenvalue weighted by Crippen LogP contribution is -2.64. The summed E-state index contributed by atoms with van der Waals surface area (Å²) in [6.07, 6.45) is 1.91. The van der Waals surface area contributed by atoms with Crippen LogP contribution in [0.4, 0.5) is 0 Å². The molecule has 1 N–H and O–H groups in total. The molecule has 2 fully saturated rings. The number of rotatable bonds is 3. The molecule has 2 aliphatic heterocycles. The molecule has 0 atom stereocenters. The van der Waals surface area contributed by atoms with Crippen LogP contribution in [0.3, 0.4) is 0 Å². The number of nitrogens with zero attached hydrogens (tertiary/aromatic N) is 3. The number of carbonyl (C=O) groups is 1. The van der Waals surface area contributed by atoms with Gasteiger partial charge in [0.15, 0.2) is 0 Å². The minimum Gasteiger partial charge on any atom is -0.361 e. The normalized spacial score (nSPS) is 20.7. The number of likely N-dealkylation sites (tertiary alicyclic amines) is 1. The Morgan fingerprint density at radius 2 is 1.88 bits per heavy atom. The van der Waals surface area contributed by atoms with Crippen molar-refractivity contribution in [3.05, 3.63) is 36.0 Å². The summed E-state index contributed by atoms with van der Waals surface area (Å²) in [5.74, 6) is 0.162. The van der Waals surface area contributed by atoms with Crippen molar-refractivity contribution in [1.82, 2.24) is 19.7 Å². The molecule has 1 amide bonds. The largest absolute Gasteiger partial charge is 0.361 e. The quantitative estimate of drug-likeness (QED) is 0.938. The van der Waals surface area contributed by atoms with Gasteiger partial charge >= 0.3 is 0 Å². The Balaban J connectivity index is 1.33. The first-order valence-electron chi connectivity index (χ1n) is 8.96. The molecule has 0 unspecified atom stereocenters. The number of aromatic amines is 1. The molecule has 5 heteroatoms. The summed E-state index contributed by atoms with van der Waals surface area (Å²) in [7, 11) is 0. The summed E-state index contributed by atoms with van der Waals surface area (Å²) in [4.78, 5) is 22.9. The summed E-state index contributed by atoms with van der Waals surface area (Å²) < 4.78 is 0. The van der Waals surface area contributed by atoms with Gasteiger partial charge in [-0.05, 0) is 38.1 Å². The SMILES string of the molecule is CC(C)N1CCN(C2CN(C(=O)c3ccc4[nH]ccc4c3)C2)CC1. The highest BCUT2D eigenvalue weighted by Crippen LogP contribution is 2.22. The molecule has 2 saturated heterocycles. The van der Waals surface area contributed by atoms with Gasteiger partial charge < -0.3 is 9.88 Å². The second-order valence-electron chi connectivity index (χ2n) is 7.31. The van der Waals surface area contributed by atoms with Gasteiger partial charge in [0.2, 0.25) is 0 Å². The van der Waals surface area contributed by atoms with Gasteiger partial charge in [-0.1, -0.05) is 0 Å². The Morgan fingerprint density at radius 3 is 2.58 bits per heavy atom. The highest BCUT2D eigenvalue weighted by molar-refractivity contribution is 5.98. The van der Waals surface area contributed by atoms with Crippen LogP contribution < -0.4 is 0 Å². The van der Waals surface area contributed by atoms with Crippen LogP contribution in [0.15, 0.2) is 30.5 Å². The van der Waals surface area contributed by atoms with Gasteiger partial charge in [0.05, 0.1) is 0 Å². The Labute approximate surface area is 143 Å². The summed E-state index contributed by atoms with van der Waals surface area (Å²) in [6.45, 7) is 10.8. The molecule has 3 heterocycles. The zero-order valence-corrected chi connectivity index (χ0v) is 14.5. The van der Waals surface area contributed by atoms with Gasteiger partial charge in [0.25, 0.3) is 5.91 Å². The van der Waals surface area contributed by atoms with Gasteiger partial charge in [-0.3, -0.25) is 14.6 Å². The fourth-order valence-electron chi connectivity index (χ4n) is 3.84. The van der Waals surface area contributed by atoms with Gasteiger partial charge in [-0.15, -0.1) is 0 Å². The monoisotopic (exact) mass is 326 g/mol. The lowest BCUT2D eigenvalue weighted by atomic mass is 10.0. The summed E-state index contributed by atoms with van der Waals surface area (Å²) in [5, 5.41) is 1.10. The van der Waals surface area contributed by atoms with E-state index in [1.165, 1.54) is 0 Å². The van der Waals surface area contributed by atoms with E-state index in [-0.39, 0.29) is 5.91 Å². The zero-order chi connectivity index (χ0) is 16.7. The van der Waals surface area contributed by atoms with Gasteiger partial charge in [0.1, 0.15) is 0 Å². The molecular weight excluding hydrogens is 300 g/mol. The predicted octanol–water partition coefficient (Wildman–Crippen LogP) is 2.02. The lowest BCUT2D eigenvalue weighted by Gasteiger charge is -2.48. The highest BCUT2D eigenvalue weighted by atomic mass is 16.2. The van der Waals surface area contributed by atoms with Crippen LogP contribution in [-0.2, 0) is 0 Å². The van der Waals surface area contributed by atoms with Gasteiger partial charge in [0, 0.05) is 74.0 Å². The van der Waals surface area contributed by atoms with E-state index >= 15 is 0 Å². The van der Waals surface area contributed by atoms with Crippen LogP contribution in [0.2, 0.25) is 0 Å². The van der Waals surface area contributed by atoms with Crippen LogP contribution in [-0.4, -0.2) is 76.9 Å². The Kier molecular flexibility index (Phi) is 4.06. The van der Waals surface area contributed by atoms with E-state index in [0.717, 1.165) is 55.7 Å². The highest BCUT2D eigenvalue weighted by Gasteiger charge is 2.36. The molecule has 0 radical (unpaired) electrons.